The molecule has 0 aromatic carbocycles. The van der Waals surface area contributed by atoms with Crippen LogP contribution in [0.1, 0.15) is 43.9 Å². The fourth-order valence-electron chi connectivity index (χ4n) is 2.51. The predicted molar refractivity (Wildman–Crippen MR) is 74.9 cm³/mol. The van der Waals surface area contributed by atoms with Crippen LogP contribution in [-0.4, -0.2) is 6.54 Å². The van der Waals surface area contributed by atoms with Gasteiger partial charge in [0.1, 0.15) is 0 Å². The standard InChI is InChI=1S/C13H20BrNS/c1-13(6-3-2-4-7-13)10-15-9-12-11(14)5-8-16-12/h5,8,15H,2-4,6-7,9-10H2,1H3. The SMILES string of the molecule is CC1(CNCc2sccc2Br)CCCCC1. The minimum absolute atomic E-state index is 0.544. The molecular formula is C13H20BrNS. The Morgan fingerprint density at radius 1 is 1.38 bits per heavy atom. The second-order valence-corrected chi connectivity index (χ2v) is 7.02. The number of hydrogen-bond donors (Lipinski definition) is 1. The Hall–Kier alpha value is 0.140. The second-order valence-electron chi connectivity index (χ2n) is 5.17. The zero-order valence-corrected chi connectivity index (χ0v) is 12.3. The molecule has 0 spiro atoms. The van der Waals surface area contributed by atoms with Crippen molar-refractivity contribution in [2.75, 3.05) is 6.54 Å². The van der Waals surface area contributed by atoms with Gasteiger partial charge >= 0.3 is 0 Å². The Balaban J connectivity index is 1.77. The lowest BCUT2D eigenvalue weighted by Gasteiger charge is -2.33. The minimum atomic E-state index is 0.544. The molecule has 1 fully saturated rings. The normalized spacial score (nSPS) is 19.9. The first-order valence-electron chi connectivity index (χ1n) is 6.12. The number of rotatable bonds is 4. The third-order valence-corrected chi connectivity index (χ3v) is 5.52. The molecule has 0 atom stereocenters. The van der Waals surface area contributed by atoms with E-state index < -0.39 is 0 Å². The fraction of sp³-hybridized carbons (Fsp3) is 0.692. The molecule has 1 aliphatic rings. The van der Waals surface area contributed by atoms with E-state index in [0.717, 1.165) is 13.1 Å². The molecule has 1 aliphatic carbocycles. The van der Waals surface area contributed by atoms with Gasteiger partial charge in [-0.15, -0.1) is 11.3 Å². The summed E-state index contributed by atoms with van der Waals surface area (Å²) in [7, 11) is 0. The highest BCUT2D eigenvalue weighted by atomic mass is 79.9. The van der Waals surface area contributed by atoms with Gasteiger partial charge in [-0.1, -0.05) is 26.2 Å². The van der Waals surface area contributed by atoms with Gasteiger partial charge in [0.2, 0.25) is 0 Å². The zero-order valence-electron chi connectivity index (χ0n) is 9.89. The molecule has 0 amide bonds. The highest BCUT2D eigenvalue weighted by molar-refractivity contribution is 9.10. The van der Waals surface area contributed by atoms with Crippen LogP contribution in [0.25, 0.3) is 0 Å². The zero-order chi connectivity index (χ0) is 11.4. The van der Waals surface area contributed by atoms with Crippen LogP contribution in [0.5, 0.6) is 0 Å². The Labute approximate surface area is 111 Å². The summed E-state index contributed by atoms with van der Waals surface area (Å²) in [5.74, 6) is 0. The van der Waals surface area contributed by atoms with Gasteiger partial charge in [-0.05, 0) is 45.6 Å². The van der Waals surface area contributed by atoms with Gasteiger partial charge in [-0.25, -0.2) is 0 Å². The fourth-order valence-corrected chi connectivity index (χ4v) is 3.97. The summed E-state index contributed by atoms with van der Waals surface area (Å²) >= 11 is 5.40. The van der Waals surface area contributed by atoms with Crippen molar-refractivity contribution in [2.45, 2.75) is 45.6 Å². The summed E-state index contributed by atoms with van der Waals surface area (Å²) in [6.07, 6.45) is 7.06. The van der Waals surface area contributed by atoms with Gasteiger partial charge in [-0.3, -0.25) is 0 Å². The lowest BCUT2D eigenvalue weighted by Crippen LogP contribution is -2.33. The van der Waals surface area contributed by atoms with Crippen molar-refractivity contribution in [3.8, 4) is 0 Å². The van der Waals surface area contributed by atoms with E-state index >= 15 is 0 Å². The Kier molecular flexibility index (Phi) is 4.45. The Morgan fingerprint density at radius 3 is 2.75 bits per heavy atom. The first kappa shape index (κ1) is 12.6. The van der Waals surface area contributed by atoms with Crippen molar-refractivity contribution < 1.29 is 0 Å². The third kappa shape index (κ3) is 3.31. The molecule has 0 saturated heterocycles. The third-order valence-electron chi connectivity index (χ3n) is 3.59. The maximum atomic E-state index is 3.62. The van der Waals surface area contributed by atoms with Gasteiger partial charge in [0.25, 0.3) is 0 Å². The highest BCUT2D eigenvalue weighted by Gasteiger charge is 2.26. The van der Waals surface area contributed by atoms with Gasteiger partial charge in [0.05, 0.1) is 0 Å². The largest absolute Gasteiger partial charge is 0.311 e. The number of nitrogens with one attached hydrogen (secondary N) is 1. The van der Waals surface area contributed by atoms with Crippen LogP contribution in [0.2, 0.25) is 0 Å². The molecule has 0 aliphatic heterocycles. The molecule has 0 bridgehead atoms. The van der Waals surface area contributed by atoms with Crippen LogP contribution in [0, 0.1) is 5.41 Å². The molecule has 1 saturated carbocycles. The topological polar surface area (TPSA) is 12.0 Å². The quantitative estimate of drug-likeness (QED) is 0.859. The van der Waals surface area contributed by atoms with Crippen molar-refractivity contribution in [1.29, 1.82) is 0 Å². The van der Waals surface area contributed by atoms with Crippen LogP contribution >= 0.6 is 27.3 Å². The van der Waals surface area contributed by atoms with Crippen LogP contribution in [0.15, 0.2) is 15.9 Å². The average Bonchev–Trinajstić information content (AvgIpc) is 2.65. The summed E-state index contributed by atoms with van der Waals surface area (Å²) < 4.78 is 1.25. The molecule has 16 heavy (non-hydrogen) atoms. The molecule has 0 radical (unpaired) electrons. The second kappa shape index (κ2) is 5.65. The lowest BCUT2D eigenvalue weighted by molar-refractivity contribution is 0.207. The van der Waals surface area contributed by atoms with Gasteiger partial charge in [-0.2, -0.15) is 0 Å². The van der Waals surface area contributed by atoms with E-state index in [4.69, 9.17) is 0 Å². The van der Waals surface area contributed by atoms with Gasteiger partial charge in [0, 0.05) is 22.4 Å². The molecule has 1 nitrogen and oxygen atoms in total. The summed E-state index contributed by atoms with van der Waals surface area (Å²) in [5.41, 5.74) is 0.544. The molecule has 3 heteroatoms. The van der Waals surface area contributed by atoms with Gasteiger partial charge in [0.15, 0.2) is 0 Å². The van der Waals surface area contributed by atoms with E-state index in [-0.39, 0.29) is 0 Å². The molecule has 1 aromatic heterocycles. The van der Waals surface area contributed by atoms with Crippen molar-refractivity contribution in [3.63, 3.8) is 0 Å². The van der Waals surface area contributed by atoms with Crippen molar-refractivity contribution in [1.82, 2.24) is 5.32 Å². The summed E-state index contributed by atoms with van der Waals surface area (Å²) in [6, 6.07) is 2.13. The average molecular weight is 302 g/mol. The van der Waals surface area contributed by atoms with E-state index in [1.165, 1.54) is 41.5 Å². The maximum absolute atomic E-state index is 3.62. The van der Waals surface area contributed by atoms with Crippen molar-refractivity contribution in [2.24, 2.45) is 5.41 Å². The monoisotopic (exact) mass is 301 g/mol. The number of thiophene rings is 1. The van der Waals surface area contributed by atoms with Crippen molar-refractivity contribution >= 4 is 27.3 Å². The molecule has 1 N–H and O–H groups in total. The Morgan fingerprint density at radius 2 is 2.12 bits per heavy atom. The molecule has 2 rings (SSSR count). The highest BCUT2D eigenvalue weighted by Crippen LogP contribution is 2.35. The van der Waals surface area contributed by atoms with E-state index in [1.54, 1.807) is 0 Å². The van der Waals surface area contributed by atoms with E-state index in [9.17, 15) is 0 Å². The first-order valence-corrected chi connectivity index (χ1v) is 7.79. The molecule has 1 heterocycles. The van der Waals surface area contributed by atoms with Gasteiger partial charge < -0.3 is 5.32 Å². The number of hydrogen-bond acceptors (Lipinski definition) is 2. The molecule has 0 unspecified atom stereocenters. The predicted octanol–water partition coefficient (Wildman–Crippen LogP) is 4.57. The molecular weight excluding hydrogens is 282 g/mol. The van der Waals surface area contributed by atoms with Crippen molar-refractivity contribution in [3.05, 3.63) is 20.8 Å². The van der Waals surface area contributed by atoms with E-state index in [1.807, 2.05) is 11.3 Å². The van der Waals surface area contributed by atoms with Crippen LogP contribution in [0.4, 0.5) is 0 Å². The summed E-state index contributed by atoms with van der Waals surface area (Å²) in [5, 5.41) is 5.76. The molecule has 1 aromatic rings. The summed E-state index contributed by atoms with van der Waals surface area (Å²) in [4.78, 5) is 1.42. The lowest BCUT2D eigenvalue weighted by atomic mass is 9.76. The van der Waals surface area contributed by atoms with E-state index in [2.05, 4.69) is 39.6 Å². The summed E-state index contributed by atoms with van der Waals surface area (Å²) in [6.45, 7) is 4.60. The van der Waals surface area contributed by atoms with Crippen LogP contribution in [0.3, 0.4) is 0 Å². The maximum Gasteiger partial charge on any atom is 0.0327 e. The smallest absolute Gasteiger partial charge is 0.0327 e. The van der Waals surface area contributed by atoms with Crippen LogP contribution < -0.4 is 5.32 Å². The molecule has 90 valence electrons. The van der Waals surface area contributed by atoms with Crippen LogP contribution in [-0.2, 0) is 6.54 Å². The first-order chi connectivity index (χ1) is 7.70. The minimum Gasteiger partial charge on any atom is -0.311 e. The number of halogens is 1. The van der Waals surface area contributed by atoms with E-state index in [0.29, 0.717) is 5.41 Å². The Bertz CT molecular complexity index is 328.